The van der Waals surface area contributed by atoms with Gasteiger partial charge in [-0.05, 0) is 57.2 Å². The van der Waals surface area contributed by atoms with E-state index in [9.17, 15) is 9.59 Å². The van der Waals surface area contributed by atoms with Gasteiger partial charge in [0.25, 0.3) is 11.8 Å². The highest BCUT2D eigenvalue weighted by molar-refractivity contribution is 7.17. The molecular weight excluding hydrogens is 348 g/mol. The molecule has 2 aromatic rings. The summed E-state index contributed by atoms with van der Waals surface area (Å²) >= 11 is 1.47. The minimum atomic E-state index is -1.09. The number of thiophene rings is 1. The largest absolute Gasteiger partial charge is 0.478 e. The van der Waals surface area contributed by atoms with Crippen LogP contribution in [0.3, 0.4) is 0 Å². The van der Waals surface area contributed by atoms with Gasteiger partial charge in [-0.15, -0.1) is 11.3 Å². The number of primary amides is 1. The van der Waals surface area contributed by atoms with Gasteiger partial charge in [0.2, 0.25) is 0 Å². The second kappa shape index (κ2) is 7.50. The van der Waals surface area contributed by atoms with Gasteiger partial charge in [0, 0.05) is 4.88 Å². The zero-order valence-corrected chi connectivity index (χ0v) is 15.9. The van der Waals surface area contributed by atoms with Crippen molar-refractivity contribution in [3.8, 4) is 5.75 Å². The number of para-hydroxylation sites is 1. The highest BCUT2D eigenvalue weighted by Gasteiger charge is 2.32. The molecule has 0 aliphatic heterocycles. The molecule has 1 heterocycles. The van der Waals surface area contributed by atoms with Gasteiger partial charge in [-0.25, -0.2) is 0 Å². The molecule has 3 rings (SSSR count). The maximum absolute atomic E-state index is 12.8. The lowest BCUT2D eigenvalue weighted by Gasteiger charge is -2.25. The van der Waals surface area contributed by atoms with E-state index in [2.05, 4.69) is 5.32 Å². The van der Waals surface area contributed by atoms with Crippen LogP contribution in [0.2, 0.25) is 0 Å². The minimum absolute atomic E-state index is 0.305. The topological polar surface area (TPSA) is 81.4 Å². The first-order valence-corrected chi connectivity index (χ1v) is 9.70. The summed E-state index contributed by atoms with van der Waals surface area (Å²) in [6.45, 7) is 3.41. The smallest absolute Gasteiger partial charge is 0.268 e. The number of amides is 2. The van der Waals surface area contributed by atoms with Gasteiger partial charge in [-0.2, -0.15) is 0 Å². The number of carbonyl (C=O) groups is 2. The van der Waals surface area contributed by atoms with E-state index in [-0.39, 0.29) is 5.91 Å². The Bertz CT molecular complexity index is 812. The minimum Gasteiger partial charge on any atom is -0.478 e. The predicted molar refractivity (Wildman–Crippen MR) is 104 cm³/mol. The number of hydrogen-bond donors (Lipinski definition) is 2. The fraction of sp³-hybridized carbons (Fsp3) is 0.400. The average Bonchev–Trinajstić information content (AvgIpc) is 2.77. The number of rotatable bonds is 5. The number of ether oxygens (including phenoxy) is 1. The van der Waals surface area contributed by atoms with Crippen LogP contribution in [-0.4, -0.2) is 17.4 Å². The van der Waals surface area contributed by atoms with Gasteiger partial charge in [0.15, 0.2) is 5.60 Å². The van der Waals surface area contributed by atoms with Crippen LogP contribution < -0.4 is 15.8 Å². The molecule has 26 heavy (non-hydrogen) atoms. The third kappa shape index (κ3) is 3.90. The molecule has 0 radical (unpaired) electrons. The number of aryl methyl sites for hydroxylation is 1. The van der Waals surface area contributed by atoms with E-state index in [1.54, 1.807) is 26.0 Å². The summed E-state index contributed by atoms with van der Waals surface area (Å²) in [5.41, 5.74) is 6.02. The molecule has 1 aliphatic carbocycles. The Morgan fingerprint density at radius 3 is 2.50 bits per heavy atom. The Morgan fingerprint density at radius 2 is 1.81 bits per heavy atom. The zero-order chi connectivity index (χ0) is 18.7. The van der Waals surface area contributed by atoms with Crippen molar-refractivity contribution >= 4 is 28.2 Å². The number of carbonyl (C=O) groups excluding carboxylic acids is 2. The molecule has 1 aromatic heterocycles. The summed E-state index contributed by atoms with van der Waals surface area (Å²) in [4.78, 5) is 26.0. The van der Waals surface area contributed by atoms with Gasteiger partial charge in [0.05, 0.1) is 5.56 Å². The van der Waals surface area contributed by atoms with Crippen LogP contribution in [0.15, 0.2) is 30.3 Å². The molecule has 0 fully saturated rings. The Balaban J connectivity index is 1.83. The van der Waals surface area contributed by atoms with Crippen LogP contribution in [0, 0.1) is 0 Å². The number of nitrogens with two attached hydrogens (primary N) is 1. The molecule has 0 bridgehead atoms. The Hall–Kier alpha value is -2.34. The predicted octanol–water partition coefficient (Wildman–Crippen LogP) is 3.91. The van der Waals surface area contributed by atoms with E-state index in [4.69, 9.17) is 10.5 Å². The maximum atomic E-state index is 12.8. The summed E-state index contributed by atoms with van der Waals surface area (Å²) in [5, 5.41) is 3.42. The highest BCUT2D eigenvalue weighted by atomic mass is 32.1. The number of hydrogen-bond acceptors (Lipinski definition) is 4. The van der Waals surface area contributed by atoms with Crippen molar-refractivity contribution in [1.82, 2.24) is 0 Å². The number of benzene rings is 1. The number of anilines is 1. The molecule has 0 saturated heterocycles. The van der Waals surface area contributed by atoms with E-state index in [1.165, 1.54) is 11.3 Å². The van der Waals surface area contributed by atoms with Crippen molar-refractivity contribution in [2.24, 2.45) is 5.73 Å². The third-order valence-corrected chi connectivity index (χ3v) is 5.77. The van der Waals surface area contributed by atoms with E-state index in [0.717, 1.165) is 42.5 Å². The van der Waals surface area contributed by atoms with E-state index >= 15 is 0 Å². The molecule has 1 aromatic carbocycles. The monoisotopic (exact) mass is 372 g/mol. The fourth-order valence-electron chi connectivity index (χ4n) is 3.17. The first-order chi connectivity index (χ1) is 12.4. The van der Waals surface area contributed by atoms with Gasteiger partial charge in [-0.1, -0.05) is 24.6 Å². The molecule has 3 N–H and O–H groups in total. The SMILES string of the molecule is CC(C)(Oc1ccccc1)C(=O)Nc1sc2c(c1C(N)=O)CCCCC2. The van der Waals surface area contributed by atoms with Crippen LogP contribution in [0.1, 0.15) is 53.9 Å². The van der Waals surface area contributed by atoms with Crippen molar-refractivity contribution in [3.05, 3.63) is 46.3 Å². The highest BCUT2D eigenvalue weighted by Crippen LogP contribution is 2.37. The van der Waals surface area contributed by atoms with Crippen molar-refractivity contribution in [2.45, 2.75) is 51.6 Å². The van der Waals surface area contributed by atoms with Crippen LogP contribution in [0.4, 0.5) is 5.00 Å². The first-order valence-electron chi connectivity index (χ1n) is 8.88. The molecule has 0 atom stereocenters. The summed E-state index contributed by atoms with van der Waals surface area (Å²) in [5.74, 6) is -0.175. The van der Waals surface area contributed by atoms with Crippen LogP contribution in [-0.2, 0) is 17.6 Å². The van der Waals surface area contributed by atoms with Crippen molar-refractivity contribution in [2.75, 3.05) is 5.32 Å². The van der Waals surface area contributed by atoms with Crippen LogP contribution >= 0.6 is 11.3 Å². The number of fused-ring (bicyclic) bond motifs is 1. The van der Waals surface area contributed by atoms with Crippen molar-refractivity contribution < 1.29 is 14.3 Å². The van der Waals surface area contributed by atoms with E-state index in [1.807, 2.05) is 18.2 Å². The van der Waals surface area contributed by atoms with Crippen molar-refractivity contribution in [3.63, 3.8) is 0 Å². The molecule has 2 amide bonds. The van der Waals surface area contributed by atoms with Crippen molar-refractivity contribution in [1.29, 1.82) is 0 Å². The molecular formula is C20H24N2O3S. The third-order valence-electron chi connectivity index (χ3n) is 4.56. The normalized spacial score (nSPS) is 14.2. The van der Waals surface area contributed by atoms with Gasteiger partial charge in [-0.3, -0.25) is 9.59 Å². The van der Waals surface area contributed by atoms with Crippen LogP contribution in [0.5, 0.6) is 5.75 Å². The molecule has 1 aliphatic rings. The summed E-state index contributed by atoms with van der Waals surface area (Å²) < 4.78 is 5.83. The molecule has 5 nitrogen and oxygen atoms in total. The Morgan fingerprint density at radius 1 is 1.12 bits per heavy atom. The van der Waals surface area contributed by atoms with E-state index in [0.29, 0.717) is 16.3 Å². The fourth-order valence-corrected chi connectivity index (χ4v) is 4.46. The Kier molecular flexibility index (Phi) is 5.32. The lowest BCUT2D eigenvalue weighted by Crippen LogP contribution is -2.42. The second-order valence-electron chi connectivity index (χ2n) is 7.01. The standard InChI is InChI=1S/C20H24N2O3S/c1-20(2,25-13-9-5-3-6-10-13)19(24)22-18-16(17(21)23)14-11-7-4-8-12-15(14)26-18/h3,5-6,9-10H,4,7-8,11-12H2,1-2H3,(H2,21,23)(H,22,24). The van der Waals surface area contributed by atoms with E-state index < -0.39 is 11.5 Å². The van der Waals surface area contributed by atoms with Crippen LogP contribution in [0.25, 0.3) is 0 Å². The maximum Gasteiger partial charge on any atom is 0.268 e. The lowest BCUT2D eigenvalue weighted by molar-refractivity contribution is -0.128. The molecule has 0 unspecified atom stereocenters. The Labute approximate surface area is 157 Å². The lowest BCUT2D eigenvalue weighted by atomic mass is 10.0. The number of nitrogens with one attached hydrogen (secondary N) is 1. The summed E-state index contributed by atoms with van der Waals surface area (Å²) in [6, 6.07) is 9.20. The molecule has 0 spiro atoms. The van der Waals surface area contributed by atoms with Gasteiger partial charge >= 0.3 is 0 Å². The molecule has 6 heteroatoms. The second-order valence-corrected chi connectivity index (χ2v) is 8.12. The van der Waals surface area contributed by atoms with Gasteiger partial charge < -0.3 is 15.8 Å². The summed E-state index contributed by atoms with van der Waals surface area (Å²) in [6.07, 6.45) is 5.06. The zero-order valence-electron chi connectivity index (χ0n) is 15.1. The molecule has 0 saturated carbocycles. The van der Waals surface area contributed by atoms with Gasteiger partial charge in [0.1, 0.15) is 10.8 Å². The average molecular weight is 372 g/mol. The first kappa shape index (κ1) is 18.5. The molecule has 138 valence electrons. The quantitative estimate of drug-likeness (QED) is 0.781. The summed E-state index contributed by atoms with van der Waals surface area (Å²) in [7, 11) is 0.